The highest BCUT2D eigenvalue weighted by molar-refractivity contribution is 9.10. The summed E-state index contributed by atoms with van der Waals surface area (Å²) in [6.07, 6.45) is 0.487. The molecule has 82 valence electrons. The normalized spacial score (nSPS) is 19.9. The van der Waals surface area contributed by atoms with Gasteiger partial charge in [0, 0.05) is 22.3 Å². The number of nitriles is 1. The topological polar surface area (TPSA) is 44.1 Å². The molecule has 1 saturated heterocycles. The van der Waals surface area contributed by atoms with E-state index in [-0.39, 0.29) is 10.7 Å². The third-order valence-electron chi connectivity index (χ3n) is 2.45. The third-order valence-corrected chi connectivity index (χ3v) is 3.55. The van der Waals surface area contributed by atoms with Crippen LogP contribution in [0.4, 0.5) is 5.69 Å². The first kappa shape index (κ1) is 11.6. The maximum absolute atomic E-state index is 11.7. The molecule has 0 N–H and O–H groups in total. The fourth-order valence-corrected chi connectivity index (χ4v) is 2.66. The second kappa shape index (κ2) is 4.56. The summed E-state index contributed by atoms with van der Waals surface area (Å²) >= 11 is 6.73. The molecule has 1 atom stereocenters. The molecule has 1 aromatic carbocycles. The molecule has 1 aromatic rings. The monoisotopic (exact) mass is 342 g/mol. The third kappa shape index (κ3) is 2.13. The van der Waals surface area contributed by atoms with Crippen LogP contribution in [0, 0.1) is 11.3 Å². The quantitative estimate of drug-likeness (QED) is 0.736. The predicted molar refractivity (Wildman–Crippen MR) is 68.5 cm³/mol. The van der Waals surface area contributed by atoms with Crippen LogP contribution in [-0.2, 0) is 4.79 Å². The van der Waals surface area contributed by atoms with Crippen LogP contribution >= 0.6 is 31.9 Å². The van der Waals surface area contributed by atoms with Crippen LogP contribution in [0.3, 0.4) is 0 Å². The van der Waals surface area contributed by atoms with Gasteiger partial charge in [0.2, 0.25) is 5.91 Å². The summed E-state index contributed by atoms with van der Waals surface area (Å²) in [4.78, 5) is 13.5. The van der Waals surface area contributed by atoms with Crippen LogP contribution in [0.2, 0.25) is 0 Å². The van der Waals surface area contributed by atoms with Crippen LogP contribution in [0.5, 0.6) is 0 Å². The summed E-state index contributed by atoms with van der Waals surface area (Å²) in [6, 6.07) is 7.47. The molecule has 1 fully saturated rings. The first-order valence-corrected chi connectivity index (χ1v) is 6.47. The molecule has 1 aliphatic heterocycles. The zero-order valence-electron chi connectivity index (χ0n) is 8.28. The Balaban J connectivity index is 2.41. The highest BCUT2D eigenvalue weighted by atomic mass is 79.9. The van der Waals surface area contributed by atoms with Gasteiger partial charge in [0.15, 0.2) is 0 Å². The number of benzene rings is 1. The number of anilines is 1. The Labute approximate surface area is 110 Å². The number of rotatable bonds is 1. The van der Waals surface area contributed by atoms with Crippen LogP contribution in [0.1, 0.15) is 12.0 Å². The maximum Gasteiger partial charge on any atom is 0.228 e. The van der Waals surface area contributed by atoms with E-state index in [2.05, 4.69) is 37.9 Å². The highest BCUT2D eigenvalue weighted by Crippen LogP contribution is 2.29. The molecular formula is C11H8Br2N2O. The molecular weight excluding hydrogens is 336 g/mol. The number of hydrogen-bond donors (Lipinski definition) is 0. The molecule has 0 spiro atoms. The van der Waals surface area contributed by atoms with Crippen molar-refractivity contribution in [3.8, 4) is 6.07 Å². The van der Waals surface area contributed by atoms with Gasteiger partial charge in [-0.25, -0.2) is 0 Å². The minimum absolute atomic E-state index is 0.0562. The Morgan fingerprint density at radius 2 is 2.25 bits per heavy atom. The van der Waals surface area contributed by atoms with Crippen LogP contribution in [0.15, 0.2) is 22.7 Å². The van der Waals surface area contributed by atoms with Gasteiger partial charge < -0.3 is 4.90 Å². The van der Waals surface area contributed by atoms with Gasteiger partial charge >= 0.3 is 0 Å². The first-order chi connectivity index (χ1) is 7.61. The van der Waals surface area contributed by atoms with Crippen molar-refractivity contribution in [3.05, 3.63) is 28.2 Å². The summed E-state index contributed by atoms with van der Waals surface area (Å²) < 4.78 is 0.842. The van der Waals surface area contributed by atoms with E-state index in [1.165, 1.54) is 0 Å². The van der Waals surface area contributed by atoms with Gasteiger partial charge in [-0.2, -0.15) is 5.26 Å². The largest absolute Gasteiger partial charge is 0.310 e. The molecule has 0 aromatic heterocycles. The van der Waals surface area contributed by atoms with Crippen LogP contribution in [-0.4, -0.2) is 17.3 Å². The maximum atomic E-state index is 11.7. The number of amides is 1. The number of nitrogens with zero attached hydrogens (tertiary/aromatic N) is 2. The minimum Gasteiger partial charge on any atom is -0.310 e. The van der Waals surface area contributed by atoms with Crippen molar-refractivity contribution >= 4 is 43.5 Å². The standard InChI is InChI=1S/C11H8Br2N2O/c12-8-1-2-10(7(3-8)5-14)15-6-9(13)4-11(15)16/h1-3,9H,4,6H2. The van der Waals surface area contributed by atoms with Crippen molar-refractivity contribution < 1.29 is 4.79 Å². The molecule has 16 heavy (non-hydrogen) atoms. The van der Waals surface area contributed by atoms with E-state index in [0.717, 1.165) is 4.47 Å². The van der Waals surface area contributed by atoms with E-state index in [1.54, 1.807) is 17.0 Å². The Bertz CT molecular complexity index is 481. The minimum atomic E-state index is 0.0562. The second-order valence-electron chi connectivity index (χ2n) is 3.58. The molecule has 5 heteroatoms. The number of carbonyl (C=O) groups is 1. The average molecular weight is 344 g/mol. The zero-order valence-corrected chi connectivity index (χ0v) is 11.5. The number of carbonyl (C=O) groups excluding carboxylic acids is 1. The van der Waals surface area contributed by atoms with Gasteiger partial charge in [-0.15, -0.1) is 0 Å². The van der Waals surface area contributed by atoms with Crippen molar-refractivity contribution in [2.24, 2.45) is 0 Å². The van der Waals surface area contributed by atoms with E-state index in [9.17, 15) is 4.79 Å². The van der Waals surface area contributed by atoms with E-state index in [1.807, 2.05) is 6.07 Å². The summed E-state index contributed by atoms with van der Waals surface area (Å²) in [7, 11) is 0. The van der Waals surface area contributed by atoms with Crippen molar-refractivity contribution in [1.82, 2.24) is 0 Å². The Morgan fingerprint density at radius 3 is 2.81 bits per heavy atom. The SMILES string of the molecule is N#Cc1cc(Br)ccc1N1CC(Br)CC1=O. The Morgan fingerprint density at radius 1 is 1.50 bits per heavy atom. The summed E-state index contributed by atoms with van der Waals surface area (Å²) in [6.45, 7) is 0.620. The molecule has 0 aliphatic carbocycles. The van der Waals surface area contributed by atoms with E-state index in [0.29, 0.717) is 24.2 Å². The van der Waals surface area contributed by atoms with E-state index in [4.69, 9.17) is 5.26 Å². The van der Waals surface area contributed by atoms with Crippen LogP contribution in [0.25, 0.3) is 0 Å². The van der Waals surface area contributed by atoms with E-state index < -0.39 is 0 Å². The van der Waals surface area contributed by atoms with Gasteiger partial charge in [-0.05, 0) is 18.2 Å². The number of halogens is 2. The van der Waals surface area contributed by atoms with E-state index >= 15 is 0 Å². The summed E-state index contributed by atoms with van der Waals surface area (Å²) in [5.41, 5.74) is 1.21. The molecule has 0 radical (unpaired) electrons. The fourth-order valence-electron chi connectivity index (χ4n) is 1.73. The van der Waals surface area contributed by atoms with Crippen molar-refractivity contribution in [1.29, 1.82) is 5.26 Å². The zero-order chi connectivity index (χ0) is 11.7. The lowest BCUT2D eigenvalue weighted by Gasteiger charge is -2.17. The molecule has 0 bridgehead atoms. The predicted octanol–water partition coefficient (Wildman–Crippen LogP) is 2.82. The smallest absolute Gasteiger partial charge is 0.228 e. The molecule has 2 rings (SSSR count). The highest BCUT2D eigenvalue weighted by Gasteiger charge is 2.30. The molecule has 1 unspecified atom stereocenters. The first-order valence-electron chi connectivity index (χ1n) is 4.76. The van der Waals surface area contributed by atoms with Gasteiger partial charge in [-0.3, -0.25) is 4.79 Å². The molecule has 0 saturated carbocycles. The number of hydrogen-bond acceptors (Lipinski definition) is 2. The average Bonchev–Trinajstić information content (AvgIpc) is 2.57. The molecule has 3 nitrogen and oxygen atoms in total. The lowest BCUT2D eigenvalue weighted by Crippen LogP contribution is -2.25. The summed E-state index contributed by atoms with van der Waals surface area (Å²) in [5, 5.41) is 9.03. The lowest BCUT2D eigenvalue weighted by molar-refractivity contribution is -0.117. The van der Waals surface area contributed by atoms with Crippen molar-refractivity contribution in [3.63, 3.8) is 0 Å². The molecule has 1 aliphatic rings. The van der Waals surface area contributed by atoms with Crippen molar-refractivity contribution in [2.75, 3.05) is 11.4 Å². The van der Waals surface area contributed by atoms with Gasteiger partial charge in [-0.1, -0.05) is 31.9 Å². The lowest BCUT2D eigenvalue weighted by atomic mass is 10.2. The number of alkyl halides is 1. The van der Waals surface area contributed by atoms with Crippen LogP contribution < -0.4 is 4.90 Å². The van der Waals surface area contributed by atoms with Gasteiger partial charge in [0.1, 0.15) is 6.07 Å². The molecule has 1 heterocycles. The van der Waals surface area contributed by atoms with Gasteiger partial charge in [0.05, 0.1) is 11.3 Å². The molecule has 1 amide bonds. The Hall–Kier alpha value is -0.860. The van der Waals surface area contributed by atoms with Crippen molar-refractivity contribution in [2.45, 2.75) is 11.2 Å². The van der Waals surface area contributed by atoms with Gasteiger partial charge in [0.25, 0.3) is 0 Å². The second-order valence-corrected chi connectivity index (χ2v) is 5.79. The Kier molecular flexibility index (Phi) is 3.31. The fraction of sp³-hybridized carbons (Fsp3) is 0.273. The summed E-state index contributed by atoms with van der Waals surface area (Å²) in [5.74, 6) is 0.0562.